The topological polar surface area (TPSA) is 35.5 Å². The van der Waals surface area contributed by atoms with Crippen LogP contribution in [0, 0.1) is 0 Å². The summed E-state index contributed by atoms with van der Waals surface area (Å²) < 4.78 is 9.58. The Morgan fingerprint density at radius 1 is 1.31 bits per heavy atom. The summed E-state index contributed by atoms with van der Waals surface area (Å²) in [6.45, 7) is 0.369. The lowest BCUT2D eigenvalue weighted by Gasteiger charge is -2.04. The second kappa shape index (κ2) is 3.47. The molecule has 0 N–H and O–H groups in total. The van der Waals surface area contributed by atoms with Gasteiger partial charge in [-0.2, -0.15) is 0 Å². The maximum Gasteiger partial charge on any atom is 0.508 e. The number of carbonyl (C=O) groups is 1. The molecule has 1 unspecified atom stereocenters. The second-order valence-electron chi connectivity index (χ2n) is 2.99. The molecule has 0 amide bonds. The molecule has 1 saturated heterocycles. The van der Waals surface area contributed by atoms with E-state index in [1.54, 1.807) is 0 Å². The molecule has 0 saturated carbocycles. The quantitative estimate of drug-likeness (QED) is 0.647. The van der Waals surface area contributed by atoms with Gasteiger partial charge in [-0.05, 0) is 5.56 Å². The molecule has 13 heavy (non-hydrogen) atoms. The number of benzene rings is 1. The van der Waals surface area contributed by atoms with E-state index >= 15 is 0 Å². The van der Waals surface area contributed by atoms with Gasteiger partial charge < -0.3 is 9.47 Å². The highest BCUT2D eigenvalue weighted by molar-refractivity contribution is 5.61. The fourth-order valence-electron chi connectivity index (χ4n) is 1.34. The zero-order valence-corrected chi connectivity index (χ0v) is 7.10. The molecule has 0 bridgehead atoms. The molecule has 1 fully saturated rings. The van der Waals surface area contributed by atoms with Crippen LogP contribution in [-0.4, -0.2) is 18.9 Å². The Bertz CT molecular complexity index is 294. The molecule has 0 spiro atoms. The van der Waals surface area contributed by atoms with Crippen LogP contribution in [0.25, 0.3) is 0 Å². The van der Waals surface area contributed by atoms with Gasteiger partial charge in [-0.3, -0.25) is 0 Å². The van der Waals surface area contributed by atoms with Gasteiger partial charge in [0, 0.05) is 6.42 Å². The number of ether oxygens (including phenoxy) is 2. The van der Waals surface area contributed by atoms with Crippen molar-refractivity contribution in [1.29, 1.82) is 0 Å². The van der Waals surface area contributed by atoms with Gasteiger partial charge >= 0.3 is 6.16 Å². The van der Waals surface area contributed by atoms with Crippen LogP contribution in [0.1, 0.15) is 5.56 Å². The minimum absolute atomic E-state index is 0.116. The van der Waals surface area contributed by atoms with Gasteiger partial charge in [-0.25, -0.2) is 4.79 Å². The van der Waals surface area contributed by atoms with Crippen molar-refractivity contribution in [1.82, 2.24) is 0 Å². The SMILES string of the molecule is O=C1OCC(Cc2ccccc2)O1. The lowest BCUT2D eigenvalue weighted by molar-refractivity contribution is 0.118. The maximum atomic E-state index is 10.6. The van der Waals surface area contributed by atoms with Crippen LogP contribution in [-0.2, 0) is 15.9 Å². The van der Waals surface area contributed by atoms with Crippen molar-refractivity contribution in [3.63, 3.8) is 0 Å². The summed E-state index contributed by atoms with van der Waals surface area (Å²) in [6.07, 6.45) is 0.0582. The van der Waals surface area contributed by atoms with Crippen LogP contribution in [0.4, 0.5) is 4.79 Å². The summed E-state index contributed by atoms with van der Waals surface area (Å²) in [6, 6.07) is 9.90. The van der Waals surface area contributed by atoms with Crippen molar-refractivity contribution in [2.24, 2.45) is 0 Å². The molecule has 3 heteroatoms. The van der Waals surface area contributed by atoms with Gasteiger partial charge in [-0.1, -0.05) is 30.3 Å². The third kappa shape index (κ3) is 1.99. The average molecular weight is 178 g/mol. The molecule has 1 heterocycles. The predicted molar refractivity (Wildman–Crippen MR) is 46.4 cm³/mol. The van der Waals surface area contributed by atoms with Crippen LogP contribution in [0.15, 0.2) is 30.3 Å². The van der Waals surface area contributed by atoms with E-state index in [1.807, 2.05) is 30.3 Å². The third-order valence-corrected chi connectivity index (χ3v) is 1.96. The lowest BCUT2D eigenvalue weighted by atomic mass is 10.1. The smallest absolute Gasteiger partial charge is 0.430 e. The van der Waals surface area contributed by atoms with Crippen molar-refractivity contribution >= 4 is 6.16 Å². The predicted octanol–water partition coefficient (Wildman–Crippen LogP) is 1.76. The zero-order valence-electron chi connectivity index (χ0n) is 7.10. The molecule has 0 radical (unpaired) electrons. The molecule has 1 atom stereocenters. The highest BCUT2D eigenvalue weighted by Gasteiger charge is 2.24. The van der Waals surface area contributed by atoms with E-state index in [0.29, 0.717) is 6.61 Å². The average Bonchev–Trinajstić information content (AvgIpc) is 2.53. The van der Waals surface area contributed by atoms with E-state index in [1.165, 1.54) is 0 Å². The molecular weight excluding hydrogens is 168 g/mol. The van der Waals surface area contributed by atoms with Gasteiger partial charge in [0.25, 0.3) is 0 Å². The highest BCUT2D eigenvalue weighted by atomic mass is 16.8. The monoisotopic (exact) mass is 178 g/mol. The van der Waals surface area contributed by atoms with Crippen molar-refractivity contribution in [2.75, 3.05) is 6.61 Å². The fraction of sp³-hybridized carbons (Fsp3) is 0.300. The number of rotatable bonds is 2. The molecule has 0 aliphatic carbocycles. The van der Waals surface area contributed by atoms with Crippen LogP contribution < -0.4 is 0 Å². The zero-order chi connectivity index (χ0) is 9.10. The number of carbonyl (C=O) groups excluding carboxylic acids is 1. The van der Waals surface area contributed by atoms with E-state index in [0.717, 1.165) is 12.0 Å². The summed E-state index contributed by atoms with van der Waals surface area (Å²) in [5.41, 5.74) is 1.16. The molecular formula is C10H10O3. The normalized spacial score (nSPS) is 20.9. The van der Waals surface area contributed by atoms with Gasteiger partial charge in [0.15, 0.2) is 0 Å². The summed E-state index contributed by atoms with van der Waals surface area (Å²) in [4.78, 5) is 10.6. The summed E-state index contributed by atoms with van der Waals surface area (Å²) >= 11 is 0. The van der Waals surface area contributed by atoms with Gasteiger partial charge in [0.1, 0.15) is 12.7 Å². The van der Waals surface area contributed by atoms with Gasteiger partial charge in [0.05, 0.1) is 0 Å². The standard InChI is InChI=1S/C10H10O3/c11-10-12-7-9(13-10)6-8-4-2-1-3-5-8/h1-5,9H,6-7H2. The van der Waals surface area contributed by atoms with Crippen LogP contribution in [0.2, 0.25) is 0 Å². The first-order valence-corrected chi connectivity index (χ1v) is 4.22. The molecule has 1 aromatic carbocycles. The first kappa shape index (κ1) is 8.10. The third-order valence-electron chi connectivity index (χ3n) is 1.96. The van der Waals surface area contributed by atoms with E-state index in [4.69, 9.17) is 4.74 Å². The van der Waals surface area contributed by atoms with Crippen molar-refractivity contribution in [3.05, 3.63) is 35.9 Å². The van der Waals surface area contributed by atoms with Crippen molar-refractivity contribution < 1.29 is 14.3 Å². The Kier molecular flexibility index (Phi) is 2.17. The highest BCUT2D eigenvalue weighted by Crippen LogP contribution is 2.12. The van der Waals surface area contributed by atoms with Crippen LogP contribution in [0.5, 0.6) is 0 Å². The van der Waals surface area contributed by atoms with Gasteiger partial charge in [-0.15, -0.1) is 0 Å². The maximum absolute atomic E-state index is 10.6. The second-order valence-corrected chi connectivity index (χ2v) is 2.99. The lowest BCUT2D eigenvalue weighted by Crippen LogP contribution is -2.13. The summed E-state index contributed by atoms with van der Waals surface area (Å²) in [5.74, 6) is 0. The van der Waals surface area contributed by atoms with E-state index in [9.17, 15) is 4.79 Å². The Morgan fingerprint density at radius 2 is 2.08 bits per heavy atom. The van der Waals surface area contributed by atoms with Crippen LogP contribution >= 0.6 is 0 Å². The fourth-order valence-corrected chi connectivity index (χ4v) is 1.34. The number of hydrogen-bond donors (Lipinski definition) is 0. The first-order chi connectivity index (χ1) is 6.34. The minimum Gasteiger partial charge on any atom is -0.430 e. The van der Waals surface area contributed by atoms with E-state index < -0.39 is 6.16 Å². The summed E-state index contributed by atoms with van der Waals surface area (Å²) in [5, 5.41) is 0. The molecule has 3 nitrogen and oxygen atoms in total. The molecule has 2 rings (SSSR count). The Morgan fingerprint density at radius 3 is 2.69 bits per heavy atom. The van der Waals surface area contributed by atoms with E-state index in [2.05, 4.69) is 4.74 Å². The molecule has 1 aliphatic rings. The number of cyclic esters (lactones) is 2. The molecule has 1 aliphatic heterocycles. The molecule has 68 valence electrons. The first-order valence-electron chi connectivity index (χ1n) is 4.22. The van der Waals surface area contributed by atoms with E-state index in [-0.39, 0.29) is 6.10 Å². The number of hydrogen-bond acceptors (Lipinski definition) is 3. The van der Waals surface area contributed by atoms with Crippen LogP contribution in [0.3, 0.4) is 0 Å². The Hall–Kier alpha value is -1.51. The largest absolute Gasteiger partial charge is 0.508 e. The van der Waals surface area contributed by atoms with Crippen molar-refractivity contribution in [2.45, 2.75) is 12.5 Å². The van der Waals surface area contributed by atoms with Crippen molar-refractivity contribution in [3.8, 4) is 0 Å². The Balaban J connectivity index is 1.96. The summed E-state index contributed by atoms with van der Waals surface area (Å²) in [7, 11) is 0. The van der Waals surface area contributed by atoms with Gasteiger partial charge in [0.2, 0.25) is 0 Å². The minimum atomic E-state index is -0.555. The molecule has 0 aromatic heterocycles. The Labute approximate surface area is 76.3 Å². The molecule has 1 aromatic rings.